The van der Waals surface area contributed by atoms with Crippen molar-refractivity contribution >= 4 is 5.91 Å². The summed E-state index contributed by atoms with van der Waals surface area (Å²) in [6.45, 7) is 1.17. The maximum Gasteiger partial charge on any atom is 0.416 e. The molecule has 1 saturated heterocycles. The van der Waals surface area contributed by atoms with E-state index in [0.29, 0.717) is 25.3 Å². The molecule has 1 fully saturated rings. The van der Waals surface area contributed by atoms with Gasteiger partial charge < -0.3 is 5.32 Å². The van der Waals surface area contributed by atoms with E-state index >= 15 is 0 Å². The van der Waals surface area contributed by atoms with Crippen molar-refractivity contribution < 1.29 is 18.0 Å². The van der Waals surface area contributed by atoms with Crippen LogP contribution in [0.1, 0.15) is 22.9 Å². The van der Waals surface area contributed by atoms with Crippen molar-refractivity contribution in [2.75, 3.05) is 13.1 Å². The first kappa shape index (κ1) is 16.4. The molecule has 0 saturated carbocycles. The largest absolute Gasteiger partial charge is 0.416 e. The maximum atomic E-state index is 13.3. The van der Waals surface area contributed by atoms with Gasteiger partial charge in [0.15, 0.2) is 0 Å². The smallest absolute Gasteiger partial charge is 0.353 e. The van der Waals surface area contributed by atoms with Gasteiger partial charge in [0.05, 0.1) is 11.3 Å². The van der Waals surface area contributed by atoms with Gasteiger partial charge in [-0.25, -0.2) is 0 Å². The molecule has 1 aromatic heterocycles. The summed E-state index contributed by atoms with van der Waals surface area (Å²) in [5.74, 6) is -0.422. The van der Waals surface area contributed by atoms with E-state index in [4.69, 9.17) is 0 Å². The molecule has 24 heavy (non-hydrogen) atoms. The fourth-order valence-corrected chi connectivity index (χ4v) is 2.92. The zero-order valence-corrected chi connectivity index (χ0v) is 12.8. The fraction of sp³-hybridized carbons (Fsp3) is 0.294. The molecule has 0 spiro atoms. The number of aromatic nitrogens is 1. The van der Waals surface area contributed by atoms with E-state index in [0.717, 1.165) is 6.07 Å². The highest BCUT2D eigenvalue weighted by molar-refractivity contribution is 5.84. The van der Waals surface area contributed by atoms with E-state index in [9.17, 15) is 18.0 Å². The minimum atomic E-state index is -4.51. The van der Waals surface area contributed by atoms with E-state index in [-0.39, 0.29) is 5.56 Å². The Morgan fingerprint density at radius 3 is 2.62 bits per heavy atom. The van der Waals surface area contributed by atoms with E-state index in [2.05, 4.69) is 10.3 Å². The number of amides is 1. The molecule has 2 aromatic rings. The first-order valence-electron chi connectivity index (χ1n) is 7.54. The molecule has 3 rings (SSSR count). The highest BCUT2D eigenvalue weighted by Crippen LogP contribution is 2.37. The molecule has 126 valence electrons. The summed E-state index contributed by atoms with van der Waals surface area (Å²) in [6, 6.07) is 9.60. The van der Waals surface area contributed by atoms with Crippen molar-refractivity contribution in [1.82, 2.24) is 15.2 Å². The van der Waals surface area contributed by atoms with Crippen molar-refractivity contribution in [3.63, 3.8) is 0 Å². The van der Waals surface area contributed by atoms with Crippen molar-refractivity contribution in [1.29, 1.82) is 0 Å². The zero-order chi connectivity index (χ0) is 17.2. The molecule has 1 atom stereocenters. The minimum absolute atomic E-state index is 0.0295. The summed E-state index contributed by atoms with van der Waals surface area (Å²) in [7, 11) is 0. The Labute approximate surface area is 137 Å². The molecule has 0 aliphatic carbocycles. The Morgan fingerprint density at radius 2 is 1.92 bits per heavy atom. The Balaban J connectivity index is 1.98. The van der Waals surface area contributed by atoms with E-state index in [1.54, 1.807) is 23.2 Å². The van der Waals surface area contributed by atoms with E-state index in [1.807, 2.05) is 6.07 Å². The standard InChI is InChI=1S/C17H16F3N3O/c18-17(19,20)14-7-2-1-6-13(14)15-16(24)22-9-10-23(15)11-12-5-3-4-8-21-12/h1-8,15H,9-11H2,(H,22,24)/t15-/m1/s1. The molecular weight excluding hydrogens is 319 g/mol. The number of carbonyl (C=O) groups is 1. The molecule has 1 amide bonds. The second-order valence-corrected chi connectivity index (χ2v) is 5.57. The number of benzene rings is 1. The third-order valence-electron chi connectivity index (χ3n) is 3.96. The van der Waals surface area contributed by atoms with Crippen LogP contribution < -0.4 is 5.32 Å². The topological polar surface area (TPSA) is 45.2 Å². The van der Waals surface area contributed by atoms with Gasteiger partial charge in [-0.05, 0) is 23.8 Å². The molecule has 4 nitrogen and oxygen atoms in total. The van der Waals surface area contributed by atoms with Crippen LogP contribution in [0.15, 0.2) is 48.7 Å². The molecule has 2 heterocycles. The van der Waals surface area contributed by atoms with Crippen LogP contribution in [-0.2, 0) is 17.5 Å². The highest BCUT2D eigenvalue weighted by atomic mass is 19.4. The molecule has 7 heteroatoms. The second-order valence-electron chi connectivity index (χ2n) is 5.57. The number of alkyl halides is 3. The van der Waals surface area contributed by atoms with Gasteiger partial charge in [-0.1, -0.05) is 24.3 Å². The molecule has 0 bridgehead atoms. The Morgan fingerprint density at radius 1 is 1.17 bits per heavy atom. The fourth-order valence-electron chi connectivity index (χ4n) is 2.92. The number of hydrogen-bond donors (Lipinski definition) is 1. The van der Waals surface area contributed by atoms with E-state index < -0.39 is 23.7 Å². The normalized spacial score (nSPS) is 19.1. The van der Waals surface area contributed by atoms with Crippen molar-refractivity contribution in [3.05, 3.63) is 65.5 Å². The Hall–Kier alpha value is -2.41. The lowest BCUT2D eigenvalue weighted by atomic mass is 9.96. The van der Waals surface area contributed by atoms with Crippen LogP contribution in [0.4, 0.5) is 13.2 Å². The Bertz CT molecular complexity index is 719. The predicted molar refractivity (Wildman–Crippen MR) is 81.8 cm³/mol. The number of carbonyl (C=O) groups excluding carboxylic acids is 1. The minimum Gasteiger partial charge on any atom is -0.353 e. The predicted octanol–water partition coefficient (Wildman–Crippen LogP) is 2.77. The van der Waals surface area contributed by atoms with Crippen molar-refractivity contribution in [2.24, 2.45) is 0 Å². The first-order valence-corrected chi connectivity index (χ1v) is 7.54. The van der Waals surface area contributed by atoms with Gasteiger partial charge in [-0.15, -0.1) is 0 Å². The van der Waals surface area contributed by atoms with Gasteiger partial charge in [-0.3, -0.25) is 14.7 Å². The number of nitrogens with one attached hydrogen (secondary N) is 1. The zero-order valence-electron chi connectivity index (χ0n) is 12.8. The summed E-state index contributed by atoms with van der Waals surface area (Å²) >= 11 is 0. The summed E-state index contributed by atoms with van der Waals surface area (Å²) < 4.78 is 40.0. The van der Waals surface area contributed by atoms with Gasteiger partial charge in [-0.2, -0.15) is 13.2 Å². The lowest BCUT2D eigenvalue weighted by Crippen LogP contribution is -2.50. The van der Waals surface area contributed by atoms with Crippen molar-refractivity contribution in [2.45, 2.75) is 18.8 Å². The molecule has 1 aromatic carbocycles. The van der Waals surface area contributed by atoms with Gasteiger partial charge in [0, 0.05) is 25.8 Å². The molecule has 1 aliphatic rings. The highest BCUT2D eigenvalue weighted by Gasteiger charge is 2.40. The lowest BCUT2D eigenvalue weighted by molar-refractivity contribution is -0.140. The quantitative estimate of drug-likeness (QED) is 0.938. The number of halogens is 3. The molecular formula is C17H16F3N3O. The van der Waals surface area contributed by atoms with Crippen LogP contribution in [0.2, 0.25) is 0 Å². The third-order valence-corrected chi connectivity index (χ3v) is 3.96. The van der Waals surface area contributed by atoms with Gasteiger partial charge in [0.1, 0.15) is 6.04 Å². The Kier molecular flexibility index (Phi) is 4.53. The summed E-state index contributed by atoms with van der Waals surface area (Å²) in [5, 5.41) is 2.66. The van der Waals surface area contributed by atoms with Crippen LogP contribution in [0.25, 0.3) is 0 Å². The number of hydrogen-bond acceptors (Lipinski definition) is 3. The lowest BCUT2D eigenvalue weighted by Gasteiger charge is -2.36. The first-order chi connectivity index (χ1) is 11.5. The monoisotopic (exact) mass is 335 g/mol. The molecule has 1 aliphatic heterocycles. The van der Waals surface area contributed by atoms with Gasteiger partial charge in [0.2, 0.25) is 5.91 Å². The van der Waals surface area contributed by atoms with Crippen LogP contribution in [-0.4, -0.2) is 28.9 Å². The van der Waals surface area contributed by atoms with Crippen LogP contribution in [0.3, 0.4) is 0 Å². The van der Waals surface area contributed by atoms with Gasteiger partial charge >= 0.3 is 6.18 Å². The molecule has 1 N–H and O–H groups in total. The number of rotatable bonds is 3. The molecule has 0 radical (unpaired) electrons. The third kappa shape index (κ3) is 3.41. The van der Waals surface area contributed by atoms with Crippen LogP contribution in [0.5, 0.6) is 0 Å². The average molecular weight is 335 g/mol. The maximum absolute atomic E-state index is 13.3. The summed E-state index contributed by atoms with van der Waals surface area (Å²) in [5.41, 5.74) is -0.0992. The molecule has 0 unspecified atom stereocenters. The van der Waals surface area contributed by atoms with Crippen molar-refractivity contribution in [3.8, 4) is 0 Å². The van der Waals surface area contributed by atoms with Crippen LogP contribution in [0, 0.1) is 0 Å². The number of pyridine rings is 1. The van der Waals surface area contributed by atoms with E-state index in [1.165, 1.54) is 18.2 Å². The number of nitrogens with zero attached hydrogens (tertiary/aromatic N) is 2. The average Bonchev–Trinajstić information content (AvgIpc) is 2.55. The second kappa shape index (κ2) is 6.60. The van der Waals surface area contributed by atoms with Crippen LogP contribution >= 0.6 is 0 Å². The SMILES string of the molecule is O=C1NCCN(Cc2ccccn2)[C@@H]1c1ccccc1C(F)(F)F. The summed E-state index contributed by atoms with van der Waals surface area (Å²) in [6.07, 6.45) is -2.89. The summed E-state index contributed by atoms with van der Waals surface area (Å²) in [4.78, 5) is 18.3. The van der Waals surface area contributed by atoms with Gasteiger partial charge in [0.25, 0.3) is 0 Å². The number of piperazine rings is 1.